The van der Waals surface area contributed by atoms with E-state index in [1.54, 1.807) is 0 Å². The Balaban J connectivity index is 1.92. The molecule has 1 amide bonds. The van der Waals surface area contributed by atoms with Crippen LogP contribution in [0.15, 0.2) is 30.3 Å². The molecule has 1 fully saturated rings. The van der Waals surface area contributed by atoms with Crippen LogP contribution in [0.2, 0.25) is 0 Å². The van der Waals surface area contributed by atoms with Crippen LogP contribution in [0.3, 0.4) is 0 Å². The van der Waals surface area contributed by atoms with Crippen LogP contribution < -0.4 is 5.32 Å². The van der Waals surface area contributed by atoms with Gasteiger partial charge < -0.3 is 15.2 Å². The van der Waals surface area contributed by atoms with Crippen molar-refractivity contribution in [1.29, 1.82) is 0 Å². The molecule has 0 spiro atoms. The molecule has 1 heterocycles. The molecule has 0 radical (unpaired) electrons. The van der Waals surface area contributed by atoms with E-state index in [9.17, 15) is 9.90 Å². The molecule has 1 aromatic carbocycles. The van der Waals surface area contributed by atoms with Crippen molar-refractivity contribution >= 4 is 5.91 Å². The number of rotatable bonds is 7. The summed E-state index contributed by atoms with van der Waals surface area (Å²) in [5, 5.41) is 12.7. The average molecular weight is 319 g/mol. The summed E-state index contributed by atoms with van der Waals surface area (Å²) < 4.78 is 5.36. The van der Waals surface area contributed by atoms with Crippen molar-refractivity contribution in [2.75, 3.05) is 26.4 Å². The topological polar surface area (TPSA) is 58.6 Å². The second kappa shape index (κ2) is 8.46. The first kappa shape index (κ1) is 18.0. The van der Waals surface area contributed by atoms with E-state index in [1.807, 2.05) is 18.2 Å². The number of aliphatic hydroxyl groups excluding tert-OH is 1. The molecule has 1 aromatic rings. The van der Waals surface area contributed by atoms with E-state index >= 15 is 0 Å². The summed E-state index contributed by atoms with van der Waals surface area (Å²) in [7, 11) is 0. The van der Waals surface area contributed by atoms with Crippen LogP contribution in [0, 0.1) is 11.3 Å². The highest BCUT2D eigenvalue weighted by atomic mass is 16.5. The lowest BCUT2D eigenvalue weighted by Crippen LogP contribution is -2.44. The lowest BCUT2D eigenvalue weighted by atomic mass is 9.80. The largest absolute Gasteiger partial charge is 0.396 e. The van der Waals surface area contributed by atoms with Gasteiger partial charge in [-0.05, 0) is 30.2 Å². The van der Waals surface area contributed by atoms with Crippen LogP contribution in [0.5, 0.6) is 0 Å². The standard InChI is InChI=1S/C19H29NO3/c1-15(2)17(16-6-4-3-5-7-16)12-18(22)20-13-19(14-21)8-10-23-11-9-19/h3-7,15,17,21H,8-14H2,1-2H3,(H,20,22). The molecule has 4 heteroatoms. The minimum absolute atomic E-state index is 0.0619. The molecule has 1 aliphatic heterocycles. The van der Waals surface area contributed by atoms with Gasteiger partial charge in [-0.25, -0.2) is 0 Å². The van der Waals surface area contributed by atoms with E-state index in [4.69, 9.17) is 4.74 Å². The van der Waals surface area contributed by atoms with Crippen molar-refractivity contribution in [2.45, 2.75) is 39.0 Å². The highest BCUT2D eigenvalue weighted by Gasteiger charge is 2.32. The number of aliphatic hydroxyl groups is 1. The fourth-order valence-corrected chi connectivity index (χ4v) is 3.19. The van der Waals surface area contributed by atoms with E-state index in [-0.39, 0.29) is 23.8 Å². The Morgan fingerprint density at radius 1 is 1.26 bits per heavy atom. The van der Waals surface area contributed by atoms with E-state index in [0.717, 1.165) is 12.8 Å². The Morgan fingerprint density at radius 2 is 1.91 bits per heavy atom. The van der Waals surface area contributed by atoms with Gasteiger partial charge in [-0.1, -0.05) is 44.2 Å². The maximum absolute atomic E-state index is 12.4. The first-order valence-electron chi connectivity index (χ1n) is 8.56. The summed E-state index contributed by atoms with van der Waals surface area (Å²) >= 11 is 0. The molecule has 0 aliphatic carbocycles. The molecular formula is C19H29NO3. The first-order chi connectivity index (χ1) is 11.1. The SMILES string of the molecule is CC(C)C(CC(=O)NCC1(CO)CCOCC1)c1ccccc1. The number of amides is 1. The fourth-order valence-electron chi connectivity index (χ4n) is 3.19. The smallest absolute Gasteiger partial charge is 0.220 e. The molecule has 1 saturated heterocycles. The summed E-state index contributed by atoms with van der Waals surface area (Å²) in [6.45, 7) is 6.26. The van der Waals surface area contributed by atoms with Crippen LogP contribution >= 0.6 is 0 Å². The summed E-state index contributed by atoms with van der Waals surface area (Å²) in [5.41, 5.74) is 0.995. The Kier molecular flexibility index (Phi) is 6.60. The van der Waals surface area contributed by atoms with E-state index in [0.29, 0.717) is 32.1 Å². The molecule has 0 saturated carbocycles. The van der Waals surface area contributed by atoms with E-state index < -0.39 is 0 Å². The molecule has 0 bridgehead atoms. The monoisotopic (exact) mass is 319 g/mol. The third-order valence-corrected chi connectivity index (χ3v) is 4.99. The van der Waals surface area contributed by atoms with Gasteiger partial charge in [-0.3, -0.25) is 4.79 Å². The molecule has 0 aromatic heterocycles. The van der Waals surface area contributed by atoms with Crippen molar-refractivity contribution in [3.8, 4) is 0 Å². The summed E-state index contributed by atoms with van der Waals surface area (Å²) in [4.78, 5) is 12.4. The minimum atomic E-state index is -0.214. The number of nitrogens with one attached hydrogen (secondary N) is 1. The maximum atomic E-state index is 12.4. The number of hydrogen-bond acceptors (Lipinski definition) is 3. The van der Waals surface area contributed by atoms with E-state index in [2.05, 4.69) is 31.3 Å². The highest BCUT2D eigenvalue weighted by Crippen LogP contribution is 2.30. The Bertz CT molecular complexity index is 481. The van der Waals surface area contributed by atoms with Crippen LogP contribution in [-0.4, -0.2) is 37.4 Å². The zero-order valence-corrected chi connectivity index (χ0v) is 14.3. The van der Waals surface area contributed by atoms with Crippen molar-refractivity contribution in [2.24, 2.45) is 11.3 Å². The van der Waals surface area contributed by atoms with E-state index in [1.165, 1.54) is 5.56 Å². The van der Waals surface area contributed by atoms with Gasteiger partial charge in [-0.2, -0.15) is 0 Å². The number of benzene rings is 1. The van der Waals surface area contributed by atoms with Gasteiger partial charge >= 0.3 is 0 Å². The van der Waals surface area contributed by atoms with Gasteiger partial charge in [0.1, 0.15) is 0 Å². The third-order valence-electron chi connectivity index (χ3n) is 4.99. The molecule has 1 unspecified atom stereocenters. The van der Waals surface area contributed by atoms with Crippen molar-refractivity contribution < 1.29 is 14.6 Å². The molecule has 2 rings (SSSR count). The van der Waals surface area contributed by atoms with Crippen LogP contribution in [0.4, 0.5) is 0 Å². The molecule has 1 aliphatic rings. The van der Waals surface area contributed by atoms with Crippen molar-refractivity contribution in [3.05, 3.63) is 35.9 Å². The highest BCUT2D eigenvalue weighted by molar-refractivity contribution is 5.77. The summed E-state index contributed by atoms with van der Waals surface area (Å²) in [6.07, 6.45) is 2.09. The van der Waals surface area contributed by atoms with Gasteiger partial charge in [0.2, 0.25) is 5.91 Å². The van der Waals surface area contributed by atoms with Gasteiger partial charge in [-0.15, -0.1) is 0 Å². The fraction of sp³-hybridized carbons (Fsp3) is 0.632. The average Bonchev–Trinajstić information content (AvgIpc) is 2.59. The maximum Gasteiger partial charge on any atom is 0.220 e. The molecule has 1 atom stereocenters. The third kappa shape index (κ3) is 5.05. The second-order valence-corrected chi connectivity index (χ2v) is 7.01. The van der Waals surface area contributed by atoms with Gasteiger partial charge in [0.05, 0.1) is 6.61 Å². The molecule has 2 N–H and O–H groups in total. The van der Waals surface area contributed by atoms with Gasteiger partial charge in [0.25, 0.3) is 0 Å². The number of hydrogen-bond donors (Lipinski definition) is 2. The Morgan fingerprint density at radius 3 is 2.48 bits per heavy atom. The zero-order valence-electron chi connectivity index (χ0n) is 14.3. The normalized spacial score (nSPS) is 18.6. The van der Waals surface area contributed by atoms with Crippen LogP contribution in [-0.2, 0) is 9.53 Å². The molecule has 128 valence electrons. The first-order valence-corrected chi connectivity index (χ1v) is 8.56. The quantitative estimate of drug-likeness (QED) is 0.812. The zero-order chi connectivity index (χ0) is 16.7. The minimum Gasteiger partial charge on any atom is -0.396 e. The Labute approximate surface area is 139 Å². The van der Waals surface area contributed by atoms with Crippen molar-refractivity contribution in [3.63, 3.8) is 0 Å². The Hall–Kier alpha value is -1.39. The molecule has 4 nitrogen and oxygen atoms in total. The number of carbonyl (C=O) groups is 1. The second-order valence-electron chi connectivity index (χ2n) is 7.01. The number of carbonyl (C=O) groups excluding carboxylic acids is 1. The number of ether oxygens (including phenoxy) is 1. The van der Waals surface area contributed by atoms with Crippen LogP contribution in [0.1, 0.15) is 44.6 Å². The summed E-state index contributed by atoms with van der Waals surface area (Å²) in [6, 6.07) is 10.2. The molecular weight excluding hydrogens is 290 g/mol. The molecule has 23 heavy (non-hydrogen) atoms. The van der Waals surface area contributed by atoms with Crippen LogP contribution in [0.25, 0.3) is 0 Å². The lowest BCUT2D eigenvalue weighted by molar-refractivity contribution is -0.123. The summed E-state index contributed by atoms with van der Waals surface area (Å²) in [5.74, 6) is 0.681. The predicted molar refractivity (Wildman–Crippen MR) is 91.2 cm³/mol. The predicted octanol–water partition coefficient (Wildman–Crippen LogP) is 2.72. The van der Waals surface area contributed by atoms with Gasteiger partial charge in [0, 0.05) is 31.6 Å². The van der Waals surface area contributed by atoms with Crippen molar-refractivity contribution in [1.82, 2.24) is 5.32 Å². The lowest BCUT2D eigenvalue weighted by Gasteiger charge is -2.35. The van der Waals surface area contributed by atoms with Gasteiger partial charge in [0.15, 0.2) is 0 Å².